The van der Waals surface area contributed by atoms with E-state index in [0.29, 0.717) is 43.1 Å². The number of anilines is 1. The van der Waals surface area contributed by atoms with E-state index in [2.05, 4.69) is 10.2 Å². The molecule has 2 saturated heterocycles. The number of nitrogens with zero attached hydrogens (tertiary/aromatic N) is 4. The number of nitrogens with one attached hydrogen (secondary N) is 1. The van der Waals surface area contributed by atoms with Gasteiger partial charge in [-0.3, -0.25) is 4.90 Å². The van der Waals surface area contributed by atoms with E-state index < -0.39 is 12.3 Å². The van der Waals surface area contributed by atoms with E-state index >= 15 is 0 Å². The molecule has 10 nitrogen and oxygen atoms in total. The fourth-order valence-electron chi connectivity index (χ4n) is 4.87. The zero-order valence-corrected chi connectivity index (χ0v) is 22.2. The molecule has 0 radical (unpaired) electrons. The lowest BCUT2D eigenvalue weighted by atomic mass is 10.1. The lowest BCUT2D eigenvalue weighted by Gasteiger charge is -2.35. The summed E-state index contributed by atoms with van der Waals surface area (Å²) in [6, 6.07) is 9.96. The monoisotopic (exact) mass is 515 g/mol. The zero-order chi connectivity index (χ0) is 26.2. The van der Waals surface area contributed by atoms with Crippen molar-refractivity contribution in [3.05, 3.63) is 36.0 Å². The Hall–Kier alpha value is -2.34. The molecule has 0 saturated carbocycles. The molecule has 204 valence electrons. The summed E-state index contributed by atoms with van der Waals surface area (Å²) in [6.07, 6.45) is 2.12. The molecule has 3 heterocycles. The Labute approximate surface area is 219 Å². The van der Waals surface area contributed by atoms with Gasteiger partial charge in [0.2, 0.25) is 0 Å². The van der Waals surface area contributed by atoms with Crippen LogP contribution in [0.2, 0.25) is 0 Å². The van der Waals surface area contributed by atoms with Crippen LogP contribution in [0.5, 0.6) is 5.75 Å². The number of benzene rings is 1. The van der Waals surface area contributed by atoms with Crippen molar-refractivity contribution >= 4 is 5.82 Å². The molecule has 2 atom stereocenters. The summed E-state index contributed by atoms with van der Waals surface area (Å²) >= 11 is 0. The molecule has 0 amide bonds. The van der Waals surface area contributed by atoms with Crippen LogP contribution in [0, 0.1) is 0 Å². The van der Waals surface area contributed by atoms with Gasteiger partial charge in [-0.25, -0.2) is 9.97 Å². The highest BCUT2D eigenvalue weighted by molar-refractivity contribution is 5.60. The topological polar surface area (TPSA) is 112 Å². The first-order chi connectivity index (χ1) is 18.0. The Balaban J connectivity index is 1.63. The van der Waals surface area contributed by atoms with Crippen molar-refractivity contribution in [2.24, 2.45) is 0 Å². The summed E-state index contributed by atoms with van der Waals surface area (Å²) in [7, 11) is 5.77. The average Bonchev–Trinajstić information content (AvgIpc) is 2.96. The SMILES string of the molecule is CNCC(O)COc1cccc(-c2nc(C(O)N(C)C3CCOCC3)cc(N(C)C3CCOCC3)n2)c1. The van der Waals surface area contributed by atoms with E-state index in [-0.39, 0.29) is 12.6 Å². The summed E-state index contributed by atoms with van der Waals surface area (Å²) in [5, 5.41) is 24.3. The smallest absolute Gasteiger partial charge is 0.162 e. The Bertz CT molecular complexity index is 983. The van der Waals surface area contributed by atoms with E-state index in [9.17, 15) is 10.2 Å². The fraction of sp³-hybridized carbons (Fsp3) is 0.630. The summed E-state index contributed by atoms with van der Waals surface area (Å²) < 4.78 is 16.9. The number of aromatic nitrogens is 2. The summed E-state index contributed by atoms with van der Waals surface area (Å²) in [4.78, 5) is 13.9. The number of likely N-dealkylation sites (N-methyl/N-ethyl adjacent to an activating group) is 1. The van der Waals surface area contributed by atoms with Crippen LogP contribution in [0.15, 0.2) is 30.3 Å². The molecule has 2 aromatic rings. The van der Waals surface area contributed by atoms with Crippen molar-refractivity contribution in [1.29, 1.82) is 0 Å². The predicted molar refractivity (Wildman–Crippen MR) is 142 cm³/mol. The molecular formula is C27H41N5O5. The second-order valence-corrected chi connectivity index (χ2v) is 9.86. The second-order valence-electron chi connectivity index (χ2n) is 9.86. The number of hydrogen-bond acceptors (Lipinski definition) is 10. The fourth-order valence-corrected chi connectivity index (χ4v) is 4.87. The van der Waals surface area contributed by atoms with Gasteiger partial charge in [0, 0.05) is 63.7 Å². The number of rotatable bonds is 11. The van der Waals surface area contributed by atoms with Crippen LogP contribution < -0.4 is 15.0 Å². The Kier molecular flexibility index (Phi) is 10.1. The molecule has 0 spiro atoms. The normalized spacial score (nSPS) is 19.1. The van der Waals surface area contributed by atoms with Gasteiger partial charge >= 0.3 is 0 Å². The Morgan fingerprint density at radius 2 is 1.68 bits per heavy atom. The lowest BCUT2D eigenvalue weighted by molar-refractivity contribution is -0.0462. The molecule has 10 heteroatoms. The van der Waals surface area contributed by atoms with Crippen LogP contribution in [-0.4, -0.2) is 104 Å². The van der Waals surface area contributed by atoms with Crippen LogP contribution in [0.4, 0.5) is 5.82 Å². The first-order valence-corrected chi connectivity index (χ1v) is 13.2. The van der Waals surface area contributed by atoms with Crippen molar-refractivity contribution in [3.63, 3.8) is 0 Å². The number of ether oxygens (including phenoxy) is 3. The molecule has 1 aromatic carbocycles. The van der Waals surface area contributed by atoms with Gasteiger partial charge in [0.15, 0.2) is 12.1 Å². The highest BCUT2D eigenvalue weighted by Gasteiger charge is 2.28. The largest absolute Gasteiger partial charge is 0.491 e. The third-order valence-corrected chi connectivity index (χ3v) is 7.22. The van der Waals surface area contributed by atoms with Gasteiger partial charge in [0.05, 0.1) is 5.69 Å². The van der Waals surface area contributed by atoms with Crippen molar-refractivity contribution in [2.75, 3.05) is 65.6 Å². The third-order valence-electron chi connectivity index (χ3n) is 7.22. The summed E-state index contributed by atoms with van der Waals surface area (Å²) in [5.41, 5.74) is 1.34. The third kappa shape index (κ3) is 7.37. The first kappa shape index (κ1) is 27.7. The van der Waals surface area contributed by atoms with Gasteiger partial charge in [0.25, 0.3) is 0 Å². The molecule has 4 rings (SSSR count). The maximum Gasteiger partial charge on any atom is 0.162 e. The van der Waals surface area contributed by atoms with Crippen molar-refractivity contribution in [2.45, 2.75) is 50.1 Å². The summed E-state index contributed by atoms with van der Waals surface area (Å²) in [6.45, 7) is 3.48. The standard InChI is InChI=1S/C27H41N5O5/c1-28-17-22(33)18-37-23-6-4-5-19(15-23)26-29-24(27(34)32(3)21-9-13-36-14-10-21)16-25(30-26)31(2)20-7-11-35-12-8-20/h4-6,15-16,20-22,27-28,33-34H,7-14,17-18H2,1-3H3. The van der Waals surface area contributed by atoms with Crippen LogP contribution in [0.25, 0.3) is 11.4 Å². The maximum atomic E-state index is 11.4. The number of aliphatic hydroxyl groups is 2. The number of hydrogen-bond donors (Lipinski definition) is 3. The van der Waals surface area contributed by atoms with Crippen LogP contribution in [0.1, 0.15) is 37.6 Å². The van der Waals surface area contributed by atoms with Gasteiger partial charge in [-0.1, -0.05) is 12.1 Å². The first-order valence-electron chi connectivity index (χ1n) is 13.2. The minimum atomic E-state index is -0.872. The quantitative estimate of drug-likeness (QED) is 0.383. The minimum absolute atomic E-state index is 0.178. The molecule has 2 aliphatic rings. The summed E-state index contributed by atoms with van der Waals surface area (Å²) in [5.74, 6) is 1.91. The molecular weight excluding hydrogens is 474 g/mol. The Morgan fingerprint density at radius 3 is 2.35 bits per heavy atom. The average molecular weight is 516 g/mol. The van der Waals surface area contributed by atoms with Gasteiger partial charge in [-0.2, -0.15) is 0 Å². The van der Waals surface area contributed by atoms with E-state index in [1.807, 2.05) is 49.3 Å². The molecule has 2 unspecified atom stereocenters. The lowest BCUT2D eigenvalue weighted by Crippen LogP contribution is -2.40. The second kappa shape index (κ2) is 13.5. The van der Waals surface area contributed by atoms with E-state index in [1.165, 1.54) is 0 Å². The molecule has 3 N–H and O–H groups in total. The molecule has 0 aliphatic carbocycles. The predicted octanol–water partition coefficient (Wildman–Crippen LogP) is 1.82. The van der Waals surface area contributed by atoms with Crippen molar-refractivity contribution in [3.8, 4) is 17.1 Å². The molecule has 37 heavy (non-hydrogen) atoms. The molecule has 2 aliphatic heterocycles. The zero-order valence-electron chi connectivity index (χ0n) is 22.2. The minimum Gasteiger partial charge on any atom is -0.491 e. The highest BCUT2D eigenvalue weighted by atomic mass is 16.5. The van der Waals surface area contributed by atoms with E-state index in [1.54, 1.807) is 7.05 Å². The van der Waals surface area contributed by atoms with Crippen LogP contribution >= 0.6 is 0 Å². The van der Waals surface area contributed by atoms with E-state index in [0.717, 1.165) is 50.3 Å². The maximum absolute atomic E-state index is 11.4. The van der Waals surface area contributed by atoms with Gasteiger partial charge in [-0.05, 0) is 51.9 Å². The Morgan fingerprint density at radius 1 is 1.00 bits per heavy atom. The molecule has 2 fully saturated rings. The highest BCUT2D eigenvalue weighted by Crippen LogP contribution is 2.30. The van der Waals surface area contributed by atoms with Gasteiger partial charge in [0.1, 0.15) is 24.3 Å². The van der Waals surface area contributed by atoms with E-state index in [4.69, 9.17) is 24.2 Å². The van der Waals surface area contributed by atoms with Crippen molar-refractivity contribution < 1.29 is 24.4 Å². The van der Waals surface area contributed by atoms with Crippen LogP contribution in [-0.2, 0) is 9.47 Å². The van der Waals surface area contributed by atoms with Crippen LogP contribution in [0.3, 0.4) is 0 Å². The number of aliphatic hydroxyl groups excluding tert-OH is 2. The van der Waals surface area contributed by atoms with Gasteiger partial charge in [-0.15, -0.1) is 0 Å². The van der Waals surface area contributed by atoms with Crippen molar-refractivity contribution in [1.82, 2.24) is 20.2 Å². The molecule has 0 bridgehead atoms. The molecule has 1 aromatic heterocycles. The van der Waals surface area contributed by atoms with Gasteiger partial charge < -0.3 is 34.6 Å².